The van der Waals surface area contributed by atoms with E-state index in [1.807, 2.05) is 0 Å². The van der Waals surface area contributed by atoms with Crippen LogP contribution in [0.5, 0.6) is 0 Å². The van der Waals surface area contributed by atoms with Gasteiger partial charge in [-0.05, 0) is 0 Å². The molecule has 0 aliphatic carbocycles. The third-order valence-electron chi connectivity index (χ3n) is 2.38. The van der Waals surface area contributed by atoms with Crippen LogP contribution in [0.4, 0.5) is 0 Å². The van der Waals surface area contributed by atoms with Crippen LogP contribution in [0.25, 0.3) is 0 Å². The summed E-state index contributed by atoms with van der Waals surface area (Å²) in [6, 6.07) is 0. The fraction of sp³-hybridized carbons (Fsp3) is 0.400. The van der Waals surface area contributed by atoms with Gasteiger partial charge in [0.1, 0.15) is 12.1 Å². The number of rotatable bonds is 7. The smallest absolute Gasteiger partial charge is 0.322 e. The molecule has 0 saturated carbocycles. The summed E-state index contributed by atoms with van der Waals surface area (Å²) in [7, 11) is 0. The van der Waals surface area contributed by atoms with Crippen LogP contribution in [0, 0.1) is 0 Å². The van der Waals surface area contributed by atoms with Crippen LogP contribution in [0.3, 0.4) is 0 Å². The molecular formula is C10H14N4O5. The summed E-state index contributed by atoms with van der Waals surface area (Å²) in [5, 5.41) is 19.4. The zero-order valence-electron chi connectivity index (χ0n) is 9.92. The number of hydrogen-bond donors (Lipinski definition) is 5. The topological polar surface area (TPSA) is 158 Å². The SMILES string of the molecule is N[C@](CC(=O)O)(Cc1cnc[nH]1)C(=O)NCC(=O)O. The van der Waals surface area contributed by atoms with E-state index in [9.17, 15) is 14.4 Å². The second kappa shape index (κ2) is 5.96. The summed E-state index contributed by atoms with van der Waals surface area (Å²) < 4.78 is 0. The van der Waals surface area contributed by atoms with Crippen LogP contribution in [0.15, 0.2) is 12.5 Å². The highest BCUT2D eigenvalue weighted by atomic mass is 16.4. The van der Waals surface area contributed by atoms with Crippen LogP contribution >= 0.6 is 0 Å². The molecule has 0 unspecified atom stereocenters. The lowest BCUT2D eigenvalue weighted by molar-refractivity contribution is -0.142. The summed E-state index contributed by atoms with van der Waals surface area (Å²) in [5.74, 6) is -3.34. The normalized spacial score (nSPS) is 13.5. The van der Waals surface area contributed by atoms with Gasteiger partial charge in [0.15, 0.2) is 0 Å². The van der Waals surface area contributed by atoms with Crippen LogP contribution in [-0.4, -0.2) is 50.1 Å². The molecule has 1 rings (SSSR count). The van der Waals surface area contributed by atoms with E-state index in [0.29, 0.717) is 5.69 Å². The number of aliphatic carboxylic acids is 2. The fourth-order valence-corrected chi connectivity index (χ4v) is 1.55. The van der Waals surface area contributed by atoms with Crippen molar-refractivity contribution in [1.82, 2.24) is 15.3 Å². The molecule has 0 aliphatic heterocycles. The van der Waals surface area contributed by atoms with Crippen LogP contribution in [-0.2, 0) is 20.8 Å². The predicted octanol–water partition coefficient (Wildman–Crippen LogP) is -1.67. The molecule has 19 heavy (non-hydrogen) atoms. The Morgan fingerprint density at radius 1 is 1.37 bits per heavy atom. The standard InChI is InChI=1S/C10H14N4O5/c11-10(2-7(15)16,1-6-3-12-5-14-6)9(19)13-4-8(17)18/h3,5H,1-2,4,11H2,(H,12,14)(H,13,19)(H,15,16)(H,17,18)/t10-/m0/s1. The number of nitrogens with one attached hydrogen (secondary N) is 2. The number of nitrogens with zero attached hydrogens (tertiary/aromatic N) is 1. The van der Waals surface area contributed by atoms with Gasteiger partial charge in [-0.15, -0.1) is 0 Å². The lowest BCUT2D eigenvalue weighted by atomic mass is 9.90. The van der Waals surface area contributed by atoms with E-state index >= 15 is 0 Å². The lowest BCUT2D eigenvalue weighted by Gasteiger charge is -2.25. The predicted molar refractivity (Wildman–Crippen MR) is 62.1 cm³/mol. The Hall–Kier alpha value is -2.42. The molecule has 104 valence electrons. The molecule has 1 atom stereocenters. The highest BCUT2D eigenvalue weighted by Gasteiger charge is 2.37. The average Bonchev–Trinajstić information content (AvgIpc) is 2.76. The number of carboxylic acids is 2. The summed E-state index contributed by atoms with van der Waals surface area (Å²) in [6.45, 7) is -0.625. The van der Waals surface area contributed by atoms with Crippen molar-refractivity contribution >= 4 is 17.8 Å². The number of imidazole rings is 1. The van der Waals surface area contributed by atoms with E-state index in [0.717, 1.165) is 0 Å². The maximum absolute atomic E-state index is 11.8. The monoisotopic (exact) mass is 270 g/mol. The van der Waals surface area contributed by atoms with E-state index in [4.69, 9.17) is 15.9 Å². The van der Waals surface area contributed by atoms with Gasteiger partial charge in [0, 0.05) is 18.3 Å². The van der Waals surface area contributed by atoms with Crippen molar-refractivity contribution in [3.8, 4) is 0 Å². The Kier molecular flexibility index (Phi) is 4.59. The van der Waals surface area contributed by atoms with E-state index in [1.54, 1.807) is 0 Å². The first-order chi connectivity index (χ1) is 8.83. The quantitative estimate of drug-likeness (QED) is 0.396. The first kappa shape index (κ1) is 14.6. The van der Waals surface area contributed by atoms with E-state index in [-0.39, 0.29) is 6.42 Å². The minimum atomic E-state index is -1.74. The number of carbonyl (C=O) groups is 3. The lowest BCUT2D eigenvalue weighted by Crippen LogP contribution is -2.57. The molecule has 6 N–H and O–H groups in total. The third kappa shape index (κ3) is 4.39. The van der Waals surface area contributed by atoms with Gasteiger partial charge in [0.2, 0.25) is 5.91 Å². The molecule has 0 aromatic carbocycles. The van der Waals surface area contributed by atoms with E-state index < -0.39 is 36.4 Å². The van der Waals surface area contributed by atoms with Gasteiger partial charge in [0.25, 0.3) is 0 Å². The minimum absolute atomic E-state index is 0.0925. The van der Waals surface area contributed by atoms with Crippen molar-refractivity contribution in [2.45, 2.75) is 18.4 Å². The average molecular weight is 270 g/mol. The van der Waals surface area contributed by atoms with Crippen LogP contribution < -0.4 is 11.1 Å². The van der Waals surface area contributed by atoms with Crippen molar-refractivity contribution in [3.63, 3.8) is 0 Å². The van der Waals surface area contributed by atoms with Crippen LogP contribution in [0.1, 0.15) is 12.1 Å². The molecule has 9 heteroatoms. The number of nitrogens with two attached hydrogens (primary N) is 1. The number of H-pyrrole nitrogens is 1. The van der Waals surface area contributed by atoms with Gasteiger partial charge in [-0.25, -0.2) is 4.98 Å². The number of carbonyl (C=O) groups excluding carboxylic acids is 1. The third-order valence-corrected chi connectivity index (χ3v) is 2.38. The Balaban J connectivity index is 2.82. The number of aromatic nitrogens is 2. The molecule has 0 aliphatic rings. The molecule has 1 aromatic rings. The summed E-state index contributed by atoms with van der Waals surface area (Å²) in [4.78, 5) is 39.4. The Labute approximate surface area is 107 Å². The summed E-state index contributed by atoms with van der Waals surface area (Å²) in [6.07, 6.45) is 2.06. The summed E-state index contributed by atoms with van der Waals surface area (Å²) in [5.41, 5.74) is 4.52. The largest absolute Gasteiger partial charge is 0.481 e. The molecule has 1 aromatic heterocycles. The Morgan fingerprint density at radius 3 is 2.53 bits per heavy atom. The Morgan fingerprint density at radius 2 is 2.05 bits per heavy atom. The van der Waals surface area contributed by atoms with Crippen molar-refractivity contribution in [3.05, 3.63) is 18.2 Å². The van der Waals surface area contributed by atoms with Crippen molar-refractivity contribution in [1.29, 1.82) is 0 Å². The minimum Gasteiger partial charge on any atom is -0.481 e. The van der Waals surface area contributed by atoms with Crippen LogP contribution in [0.2, 0.25) is 0 Å². The second-order valence-electron chi connectivity index (χ2n) is 4.06. The first-order valence-electron chi connectivity index (χ1n) is 5.31. The molecule has 0 fully saturated rings. The number of amides is 1. The zero-order chi connectivity index (χ0) is 14.5. The zero-order valence-corrected chi connectivity index (χ0v) is 9.92. The molecule has 0 radical (unpaired) electrons. The molecule has 1 heterocycles. The van der Waals surface area contributed by atoms with Gasteiger partial charge < -0.3 is 26.2 Å². The molecule has 0 bridgehead atoms. The fourth-order valence-electron chi connectivity index (χ4n) is 1.55. The molecule has 1 amide bonds. The van der Waals surface area contributed by atoms with Crippen molar-refractivity contribution in [2.24, 2.45) is 5.73 Å². The number of hydrogen-bond acceptors (Lipinski definition) is 5. The highest BCUT2D eigenvalue weighted by Crippen LogP contribution is 2.14. The van der Waals surface area contributed by atoms with Gasteiger partial charge in [0.05, 0.1) is 12.7 Å². The summed E-state index contributed by atoms with van der Waals surface area (Å²) >= 11 is 0. The van der Waals surface area contributed by atoms with E-state index in [1.165, 1.54) is 12.5 Å². The van der Waals surface area contributed by atoms with Gasteiger partial charge in [-0.1, -0.05) is 0 Å². The van der Waals surface area contributed by atoms with Crippen molar-refractivity contribution < 1.29 is 24.6 Å². The number of carboxylic acid groups (broad SMARTS) is 2. The van der Waals surface area contributed by atoms with Crippen molar-refractivity contribution in [2.75, 3.05) is 6.54 Å². The van der Waals surface area contributed by atoms with Gasteiger partial charge in [-0.2, -0.15) is 0 Å². The number of aromatic amines is 1. The van der Waals surface area contributed by atoms with Gasteiger partial charge >= 0.3 is 11.9 Å². The molecule has 9 nitrogen and oxygen atoms in total. The maximum atomic E-state index is 11.8. The molecule has 0 spiro atoms. The second-order valence-corrected chi connectivity index (χ2v) is 4.06. The van der Waals surface area contributed by atoms with E-state index in [2.05, 4.69) is 15.3 Å². The van der Waals surface area contributed by atoms with Gasteiger partial charge in [-0.3, -0.25) is 14.4 Å². The maximum Gasteiger partial charge on any atom is 0.322 e. The molecule has 0 saturated heterocycles. The molecular weight excluding hydrogens is 256 g/mol. The highest BCUT2D eigenvalue weighted by molar-refractivity contribution is 5.92. The Bertz CT molecular complexity index is 472. The first-order valence-corrected chi connectivity index (χ1v) is 5.31.